The van der Waals surface area contributed by atoms with Gasteiger partial charge in [-0.05, 0) is 31.2 Å². The highest BCUT2D eigenvalue weighted by Crippen LogP contribution is 2.28. The normalized spacial score (nSPS) is 16.1. The van der Waals surface area contributed by atoms with Gasteiger partial charge in [-0.15, -0.1) is 0 Å². The molecule has 1 fully saturated rings. The van der Waals surface area contributed by atoms with Crippen molar-refractivity contribution in [3.63, 3.8) is 0 Å². The molecule has 0 spiro atoms. The van der Waals surface area contributed by atoms with E-state index in [1.807, 2.05) is 18.2 Å². The zero-order valence-electron chi connectivity index (χ0n) is 11.7. The van der Waals surface area contributed by atoms with Crippen LogP contribution in [0.4, 0.5) is 0 Å². The lowest BCUT2D eigenvalue weighted by Gasteiger charge is -2.26. The van der Waals surface area contributed by atoms with Crippen LogP contribution < -0.4 is 5.73 Å². The van der Waals surface area contributed by atoms with Crippen molar-refractivity contribution in [1.82, 2.24) is 4.90 Å². The van der Waals surface area contributed by atoms with Gasteiger partial charge in [0.15, 0.2) is 0 Å². The maximum Gasteiger partial charge on any atom is 0.227 e. The van der Waals surface area contributed by atoms with E-state index >= 15 is 0 Å². The predicted molar refractivity (Wildman–Crippen MR) is 77.7 cm³/mol. The van der Waals surface area contributed by atoms with Gasteiger partial charge < -0.3 is 10.6 Å². The van der Waals surface area contributed by atoms with E-state index in [9.17, 15) is 4.79 Å². The Labute approximate surface area is 115 Å². The molecule has 0 aromatic heterocycles. The molecule has 0 bridgehead atoms. The van der Waals surface area contributed by atoms with E-state index in [-0.39, 0.29) is 11.8 Å². The lowest BCUT2D eigenvalue weighted by Crippen LogP contribution is -2.41. The number of carbonyl (C=O) groups is 1. The summed E-state index contributed by atoms with van der Waals surface area (Å²) in [6.45, 7) is 3.42. The van der Waals surface area contributed by atoms with E-state index in [4.69, 9.17) is 5.73 Å². The monoisotopic (exact) mass is 260 g/mol. The van der Waals surface area contributed by atoms with Crippen LogP contribution in [0.25, 0.3) is 0 Å². The SMILES string of the molecule is CCCN(C(=O)C(CN)Cc1ccccc1)C1CC1. The van der Waals surface area contributed by atoms with Gasteiger partial charge in [0.1, 0.15) is 0 Å². The van der Waals surface area contributed by atoms with Crippen molar-refractivity contribution in [3.05, 3.63) is 35.9 Å². The number of rotatable bonds is 7. The lowest BCUT2D eigenvalue weighted by molar-refractivity contribution is -0.135. The Kier molecular flexibility index (Phi) is 4.97. The van der Waals surface area contributed by atoms with Crippen LogP contribution in [-0.2, 0) is 11.2 Å². The van der Waals surface area contributed by atoms with Gasteiger partial charge in [-0.2, -0.15) is 0 Å². The fourth-order valence-electron chi connectivity index (χ4n) is 2.50. The lowest BCUT2D eigenvalue weighted by atomic mass is 9.98. The first-order valence-electron chi connectivity index (χ1n) is 7.30. The van der Waals surface area contributed by atoms with E-state index < -0.39 is 0 Å². The second kappa shape index (κ2) is 6.71. The summed E-state index contributed by atoms with van der Waals surface area (Å²) in [5, 5.41) is 0. The minimum atomic E-state index is -0.0745. The quantitative estimate of drug-likeness (QED) is 0.817. The maximum atomic E-state index is 12.6. The van der Waals surface area contributed by atoms with Gasteiger partial charge in [-0.25, -0.2) is 0 Å². The molecule has 1 atom stereocenters. The molecule has 0 radical (unpaired) electrons. The van der Waals surface area contributed by atoms with Gasteiger partial charge in [0.05, 0.1) is 5.92 Å². The number of nitrogens with zero attached hydrogens (tertiary/aromatic N) is 1. The molecule has 1 aliphatic carbocycles. The summed E-state index contributed by atoms with van der Waals surface area (Å²) in [5.74, 6) is 0.172. The van der Waals surface area contributed by atoms with Gasteiger partial charge in [0.2, 0.25) is 5.91 Å². The van der Waals surface area contributed by atoms with Crippen molar-refractivity contribution in [3.8, 4) is 0 Å². The summed E-state index contributed by atoms with van der Waals surface area (Å²) in [6.07, 6.45) is 4.09. The molecule has 1 aliphatic rings. The average Bonchev–Trinajstić information content (AvgIpc) is 3.27. The van der Waals surface area contributed by atoms with E-state index in [1.54, 1.807) is 0 Å². The highest BCUT2D eigenvalue weighted by atomic mass is 16.2. The molecule has 1 amide bonds. The fraction of sp³-hybridized carbons (Fsp3) is 0.562. The Balaban J connectivity index is 2.01. The number of carbonyl (C=O) groups excluding carboxylic acids is 1. The first-order chi connectivity index (χ1) is 9.26. The molecule has 1 aromatic carbocycles. The summed E-state index contributed by atoms with van der Waals surface area (Å²) < 4.78 is 0. The van der Waals surface area contributed by atoms with Crippen LogP contribution in [0.3, 0.4) is 0 Å². The molecular weight excluding hydrogens is 236 g/mol. The molecule has 2 N–H and O–H groups in total. The number of benzene rings is 1. The first kappa shape index (κ1) is 14.1. The Morgan fingerprint density at radius 1 is 1.37 bits per heavy atom. The molecule has 19 heavy (non-hydrogen) atoms. The van der Waals surface area contributed by atoms with Gasteiger partial charge >= 0.3 is 0 Å². The zero-order valence-corrected chi connectivity index (χ0v) is 11.7. The Morgan fingerprint density at radius 2 is 2.05 bits per heavy atom. The summed E-state index contributed by atoms with van der Waals surface area (Å²) >= 11 is 0. The smallest absolute Gasteiger partial charge is 0.227 e. The highest BCUT2D eigenvalue weighted by molar-refractivity contribution is 5.80. The third-order valence-electron chi connectivity index (χ3n) is 3.69. The largest absolute Gasteiger partial charge is 0.339 e. The van der Waals surface area contributed by atoms with Crippen LogP contribution in [-0.4, -0.2) is 29.9 Å². The Morgan fingerprint density at radius 3 is 2.58 bits per heavy atom. The molecule has 3 heteroatoms. The second-order valence-electron chi connectivity index (χ2n) is 5.39. The van der Waals surface area contributed by atoms with Crippen molar-refractivity contribution in [1.29, 1.82) is 0 Å². The van der Waals surface area contributed by atoms with Crippen LogP contribution in [0.15, 0.2) is 30.3 Å². The van der Waals surface area contributed by atoms with Crippen LogP contribution >= 0.6 is 0 Å². The van der Waals surface area contributed by atoms with E-state index in [0.717, 1.165) is 32.2 Å². The number of hydrogen-bond acceptors (Lipinski definition) is 2. The Bertz CT molecular complexity index is 400. The van der Waals surface area contributed by atoms with Crippen molar-refractivity contribution in [2.24, 2.45) is 11.7 Å². The van der Waals surface area contributed by atoms with Crippen LogP contribution in [0.2, 0.25) is 0 Å². The molecule has 1 saturated carbocycles. The maximum absolute atomic E-state index is 12.6. The number of nitrogens with two attached hydrogens (primary N) is 1. The summed E-state index contributed by atoms with van der Waals surface area (Å²) in [5.41, 5.74) is 7.02. The zero-order chi connectivity index (χ0) is 13.7. The summed E-state index contributed by atoms with van der Waals surface area (Å²) in [4.78, 5) is 14.7. The molecule has 1 aromatic rings. The third kappa shape index (κ3) is 3.80. The van der Waals surface area contributed by atoms with E-state index in [2.05, 4.69) is 24.0 Å². The minimum absolute atomic E-state index is 0.0745. The highest BCUT2D eigenvalue weighted by Gasteiger charge is 2.34. The molecule has 0 saturated heterocycles. The van der Waals surface area contributed by atoms with Gasteiger partial charge in [-0.3, -0.25) is 4.79 Å². The number of hydrogen-bond donors (Lipinski definition) is 1. The molecule has 0 heterocycles. The third-order valence-corrected chi connectivity index (χ3v) is 3.69. The van der Waals surface area contributed by atoms with Crippen LogP contribution in [0.5, 0.6) is 0 Å². The first-order valence-corrected chi connectivity index (χ1v) is 7.30. The van der Waals surface area contributed by atoms with Gasteiger partial charge in [0.25, 0.3) is 0 Å². The average molecular weight is 260 g/mol. The molecule has 0 aliphatic heterocycles. The van der Waals surface area contributed by atoms with Crippen LogP contribution in [0.1, 0.15) is 31.7 Å². The van der Waals surface area contributed by atoms with Crippen molar-refractivity contribution in [2.75, 3.05) is 13.1 Å². The molecule has 1 unspecified atom stereocenters. The molecule has 3 nitrogen and oxygen atoms in total. The van der Waals surface area contributed by atoms with Crippen LogP contribution in [0, 0.1) is 5.92 Å². The van der Waals surface area contributed by atoms with E-state index in [1.165, 1.54) is 5.56 Å². The van der Waals surface area contributed by atoms with Crippen molar-refractivity contribution in [2.45, 2.75) is 38.6 Å². The van der Waals surface area contributed by atoms with Gasteiger partial charge in [0, 0.05) is 19.1 Å². The summed E-state index contributed by atoms with van der Waals surface area (Å²) in [6, 6.07) is 10.6. The minimum Gasteiger partial charge on any atom is -0.339 e. The molecule has 104 valence electrons. The van der Waals surface area contributed by atoms with Crippen molar-refractivity contribution < 1.29 is 4.79 Å². The van der Waals surface area contributed by atoms with E-state index in [0.29, 0.717) is 12.6 Å². The molecular formula is C16H24N2O. The standard InChI is InChI=1S/C16H24N2O/c1-2-10-18(15-8-9-15)16(19)14(12-17)11-13-6-4-3-5-7-13/h3-7,14-15H,2,8-12,17H2,1H3. The second-order valence-corrected chi connectivity index (χ2v) is 5.39. The fourth-order valence-corrected chi connectivity index (χ4v) is 2.50. The molecule has 2 rings (SSSR count). The Hall–Kier alpha value is -1.35. The summed E-state index contributed by atoms with van der Waals surface area (Å²) in [7, 11) is 0. The predicted octanol–water partition coefficient (Wildman–Crippen LogP) is 2.20. The van der Waals surface area contributed by atoms with Crippen molar-refractivity contribution >= 4 is 5.91 Å². The number of amides is 1. The topological polar surface area (TPSA) is 46.3 Å². The van der Waals surface area contributed by atoms with Gasteiger partial charge in [-0.1, -0.05) is 37.3 Å².